The average molecular weight is 270 g/mol. The highest BCUT2D eigenvalue weighted by atomic mass is 127. The molecule has 0 saturated carbocycles. The first-order valence-corrected chi connectivity index (χ1v) is 6.80. The van der Waals surface area contributed by atoms with E-state index in [4.69, 9.17) is 0 Å². The SMILES string of the molecule is Cc1ccc2c(c1)C=CC=IC2. The van der Waals surface area contributed by atoms with Crippen molar-refractivity contribution in [2.75, 3.05) is 0 Å². The van der Waals surface area contributed by atoms with Crippen molar-refractivity contribution in [3.05, 3.63) is 41.0 Å². The van der Waals surface area contributed by atoms with Crippen molar-refractivity contribution in [2.45, 2.75) is 11.4 Å². The van der Waals surface area contributed by atoms with Crippen LogP contribution >= 0.6 is 20.7 Å². The number of aryl methyl sites for hydroxylation is 1. The van der Waals surface area contributed by atoms with Crippen LogP contribution in [0.2, 0.25) is 0 Å². The molecule has 0 aliphatic carbocycles. The third kappa shape index (κ3) is 1.66. The third-order valence-corrected chi connectivity index (χ3v) is 4.15. The van der Waals surface area contributed by atoms with Crippen molar-refractivity contribution < 1.29 is 0 Å². The van der Waals surface area contributed by atoms with Crippen LogP contribution in [0.4, 0.5) is 0 Å². The minimum Gasteiger partial charge on any atom is -0.118 e. The van der Waals surface area contributed by atoms with Gasteiger partial charge in [0.15, 0.2) is 0 Å². The van der Waals surface area contributed by atoms with Gasteiger partial charge in [0.05, 0.1) is 0 Å². The number of fused-ring (bicyclic) bond motifs is 1. The Hall–Kier alpha value is -0.440. The summed E-state index contributed by atoms with van der Waals surface area (Å²) in [5.74, 6) is 0. The van der Waals surface area contributed by atoms with E-state index in [1.165, 1.54) is 21.1 Å². The fourth-order valence-corrected chi connectivity index (χ4v) is 3.23. The smallest absolute Gasteiger partial charge is 0.0205 e. The second kappa shape index (κ2) is 3.52. The van der Waals surface area contributed by atoms with E-state index in [2.05, 4.69) is 41.3 Å². The Bertz CT molecular complexity index is 348. The molecule has 0 unspecified atom stereocenters. The Morgan fingerprint density at radius 3 is 3.17 bits per heavy atom. The minimum atomic E-state index is 0.276. The van der Waals surface area contributed by atoms with Gasteiger partial charge in [-0.1, -0.05) is 35.9 Å². The Balaban J connectivity index is 2.53. The van der Waals surface area contributed by atoms with E-state index >= 15 is 0 Å². The zero-order valence-electron chi connectivity index (χ0n) is 7.05. The zero-order chi connectivity index (χ0) is 8.39. The van der Waals surface area contributed by atoms with Crippen LogP contribution in [0.5, 0.6) is 0 Å². The Kier molecular flexibility index (Phi) is 2.40. The summed E-state index contributed by atoms with van der Waals surface area (Å²) in [7, 11) is 0. The second-order valence-electron chi connectivity index (χ2n) is 2.98. The molecule has 1 aliphatic rings. The predicted octanol–water partition coefficient (Wildman–Crippen LogP) is 3.29. The van der Waals surface area contributed by atoms with Gasteiger partial charge in [0.2, 0.25) is 0 Å². The van der Waals surface area contributed by atoms with E-state index < -0.39 is 0 Å². The van der Waals surface area contributed by atoms with E-state index in [1.54, 1.807) is 0 Å². The molecule has 0 bridgehead atoms. The summed E-state index contributed by atoms with van der Waals surface area (Å²) < 4.78 is 3.63. The molecule has 1 aromatic rings. The van der Waals surface area contributed by atoms with Gasteiger partial charge in [-0.05, 0) is 22.1 Å². The van der Waals surface area contributed by atoms with Crippen molar-refractivity contribution >= 4 is 30.8 Å². The van der Waals surface area contributed by atoms with Gasteiger partial charge in [-0.15, -0.1) is 20.7 Å². The van der Waals surface area contributed by atoms with Gasteiger partial charge < -0.3 is 0 Å². The van der Waals surface area contributed by atoms with Gasteiger partial charge >= 0.3 is 0 Å². The van der Waals surface area contributed by atoms with Crippen LogP contribution in [0.3, 0.4) is 0 Å². The summed E-state index contributed by atoms with van der Waals surface area (Å²) in [6.45, 7) is 2.15. The fraction of sp³-hybridized carbons (Fsp3) is 0.182. The first-order chi connectivity index (χ1) is 5.86. The first-order valence-electron chi connectivity index (χ1n) is 4.03. The normalized spacial score (nSPS) is 14.8. The number of hydrogen-bond acceptors (Lipinski definition) is 0. The van der Waals surface area contributed by atoms with Crippen LogP contribution in [-0.2, 0) is 4.43 Å². The topological polar surface area (TPSA) is 0 Å². The molecule has 0 radical (unpaired) electrons. The number of halogens is 1. The maximum atomic E-state index is 2.34. The van der Waals surface area contributed by atoms with Gasteiger partial charge in [0, 0.05) is 4.43 Å². The van der Waals surface area contributed by atoms with Crippen LogP contribution in [0.25, 0.3) is 6.08 Å². The molecule has 0 amide bonds. The first kappa shape index (κ1) is 8.17. The maximum absolute atomic E-state index is 2.34. The number of allylic oxidation sites excluding steroid dienone is 1. The van der Waals surface area contributed by atoms with Crippen molar-refractivity contribution in [3.8, 4) is 0 Å². The molecule has 0 spiro atoms. The van der Waals surface area contributed by atoms with Crippen LogP contribution in [-0.4, -0.2) is 4.01 Å². The average Bonchev–Trinajstić information content (AvgIpc) is 2.28. The van der Waals surface area contributed by atoms with Crippen molar-refractivity contribution in [3.63, 3.8) is 0 Å². The zero-order valence-corrected chi connectivity index (χ0v) is 9.21. The van der Waals surface area contributed by atoms with E-state index in [-0.39, 0.29) is 20.7 Å². The molecule has 12 heavy (non-hydrogen) atoms. The van der Waals surface area contributed by atoms with Crippen LogP contribution < -0.4 is 0 Å². The molecule has 1 heterocycles. The molecule has 0 nitrogen and oxygen atoms in total. The lowest BCUT2D eigenvalue weighted by atomic mass is 10.1. The molecule has 1 heteroatoms. The monoisotopic (exact) mass is 270 g/mol. The van der Waals surface area contributed by atoms with Crippen LogP contribution in [0, 0.1) is 6.92 Å². The molecule has 0 atom stereocenters. The highest BCUT2D eigenvalue weighted by Crippen LogP contribution is 2.21. The van der Waals surface area contributed by atoms with Gasteiger partial charge in [0.1, 0.15) is 0 Å². The summed E-state index contributed by atoms with van der Waals surface area (Å²) >= 11 is 0.276. The number of rotatable bonds is 0. The van der Waals surface area contributed by atoms with E-state index in [0.717, 1.165) is 0 Å². The van der Waals surface area contributed by atoms with Crippen LogP contribution in [0.1, 0.15) is 16.7 Å². The summed E-state index contributed by atoms with van der Waals surface area (Å²) in [6, 6.07) is 6.75. The third-order valence-electron chi connectivity index (χ3n) is 1.96. The van der Waals surface area contributed by atoms with Crippen LogP contribution in [0.15, 0.2) is 24.3 Å². The molecule has 2 rings (SSSR count). The molecular formula is C11H11I. The molecule has 1 aromatic carbocycles. The molecule has 0 aromatic heterocycles. The minimum absolute atomic E-state index is 0.276. The predicted molar refractivity (Wildman–Crippen MR) is 64.0 cm³/mol. The second-order valence-corrected chi connectivity index (χ2v) is 5.34. The fourth-order valence-electron chi connectivity index (χ4n) is 1.31. The number of benzene rings is 1. The van der Waals surface area contributed by atoms with E-state index in [0.29, 0.717) is 0 Å². The maximum Gasteiger partial charge on any atom is 0.0205 e. The molecule has 1 aliphatic heterocycles. The lowest BCUT2D eigenvalue weighted by Gasteiger charge is -2.02. The molecule has 0 fully saturated rings. The Morgan fingerprint density at radius 1 is 1.33 bits per heavy atom. The largest absolute Gasteiger partial charge is 0.118 e. The van der Waals surface area contributed by atoms with Gasteiger partial charge in [-0.25, -0.2) is 0 Å². The van der Waals surface area contributed by atoms with Gasteiger partial charge in [-0.3, -0.25) is 0 Å². The quantitative estimate of drug-likeness (QED) is 0.501. The summed E-state index contributed by atoms with van der Waals surface area (Å²) in [5.41, 5.74) is 4.31. The number of alkyl halides is 1. The van der Waals surface area contributed by atoms with Gasteiger partial charge in [-0.2, -0.15) is 0 Å². The molecular weight excluding hydrogens is 259 g/mol. The van der Waals surface area contributed by atoms with Crippen molar-refractivity contribution in [1.82, 2.24) is 0 Å². The summed E-state index contributed by atoms with van der Waals surface area (Å²) in [4.78, 5) is 0. The Labute approximate surface area is 83.1 Å². The molecule has 0 saturated heterocycles. The number of hydrogen-bond donors (Lipinski definition) is 0. The Morgan fingerprint density at radius 2 is 2.25 bits per heavy atom. The lowest BCUT2D eigenvalue weighted by Crippen LogP contribution is -1.84. The standard InChI is InChI=1S/C11H11I/c1-9-4-5-11-8-12-6-2-3-10(11)7-9/h2-7H,8H2,1H3. The highest BCUT2D eigenvalue weighted by molar-refractivity contribution is 14.2. The van der Waals surface area contributed by atoms with Crippen molar-refractivity contribution in [2.24, 2.45) is 0 Å². The summed E-state index contributed by atoms with van der Waals surface area (Å²) in [5, 5.41) is 0. The highest BCUT2D eigenvalue weighted by Gasteiger charge is 1.99. The summed E-state index contributed by atoms with van der Waals surface area (Å²) in [6.07, 6.45) is 4.44. The van der Waals surface area contributed by atoms with E-state index in [1.807, 2.05) is 0 Å². The van der Waals surface area contributed by atoms with Crippen molar-refractivity contribution in [1.29, 1.82) is 0 Å². The van der Waals surface area contributed by atoms with E-state index in [9.17, 15) is 0 Å². The molecule has 0 N–H and O–H groups in total. The van der Waals surface area contributed by atoms with Gasteiger partial charge in [0.25, 0.3) is 0 Å². The lowest BCUT2D eigenvalue weighted by molar-refractivity contribution is 1.37. The molecule has 62 valence electrons.